The molecule has 4 unspecified atom stereocenters. The molecule has 12 heteroatoms. The van der Waals surface area contributed by atoms with Gasteiger partial charge < -0.3 is 16.0 Å². The van der Waals surface area contributed by atoms with Crippen LogP contribution in [0, 0.1) is 22.7 Å². The van der Waals surface area contributed by atoms with Gasteiger partial charge in [-0.3, -0.25) is 19.8 Å². The number of halogens is 3. The van der Waals surface area contributed by atoms with E-state index in [0.717, 1.165) is 24.0 Å². The molecule has 0 saturated heterocycles. The summed E-state index contributed by atoms with van der Waals surface area (Å²) in [5, 5.41) is 16.8. The average Bonchev–Trinajstić information content (AvgIpc) is 3.62. The van der Waals surface area contributed by atoms with Crippen molar-refractivity contribution in [3.05, 3.63) is 35.4 Å². The quantitative estimate of drug-likeness (QED) is 0.363. The smallest absolute Gasteiger partial charge is 0.342 e. The van der Waals surface area contributed by atoms with Gasteiger partial charge in [-0.25, -0.2) is 5.43 Å². The van der Waals surface area contributed by atoms with Gasteiger partial charge in [-0.1, -0.05) is 57.9 Å². The lowest BCUT2D eigenvalue weighted by atomic mass is 9.85. The molecule has 0 bridgehead atoms. The minimum absolute atomic E-state index is 0.176. The highest BCUT2D eigenvalue weighted by molar-refractivity contribution is 5.93. The topological polar surface area (TPSA) is 135 Å². The van der Waals surface area contributed by atoms with Gasteiger partial charge >= 0.3 is 12.1 Å². The Morgan fingerprint density at radius 2 is 1.75 bits per heavy atom. The Hall–Kier alpha value is -3.17. The number of hydrazine groups is 1. The van der Waals surface area contributed by atoms with Crippen LogP contribution in [0.5, 0.6) is 0 Å². The number of carbonyl (C=O) groups excluding carboxylic acids is 3. The molecular weight excluding hydrogens is 477 g/mol. The molecule has 4 atom stereocenters. The third-order valence-electron chi connectivity index (χ3n) is 6.26. The van der Waals surface area contributed by atoms with Gasteiger partial charge in [0.25, 0.3) is 0 Å². The lowest BCUT2D eigenvalue weighted by Gasteiger charge is -2.33. The third kappa shape index (κ3) is 6.95. The van der Waals surface area contributed by atoms with Crippen molar-refractivity contribution in [1.29, 1.82) is 5.26 Å². The van der Waals surface area contributed by atoms with E-state index in [4.69, 9.17) is 0 Å². The first kappa shape index (κ1) is 27.4. The molecule has 1 aromatic rings. The molecule has 5 N–H and O–H groups in total. The number of carbonyl (C=O) groups is 3. The normalized spacial score (nSPS) is 20.2. The van der Waals surface area contributed by atoms with Gasteiger partial charge in [-0.05, 0) is 28.9 Å². The van der Waals surface area contributed by atoms with Crippen molar-refractivity contribution in [2.75, 3.05) is 0 Å². The van der Waals surface area contributed by atoms with Gasteiger partial charge in [0.05, 0.1) is 12.1 Å². The summed E-state index contributed by atoms with van der Waals surface area (Å²) in [7, 11) is 0. The number of fused-ring (bicyclic) bond motifs is 1. The molecule has 1 heterocycles. The molecule has 0 spiro atoms. The first-order chi connectivity index (χ1) is 16.8. The minimum Gasteiger partial charge on any atom is -0.342 e. The van der Waals surface area contributed by atoms with E-state index in [0.29, 0.717) is 6.54 Å². The van der Waals surface area contributed by atoms with Crippen molar-refractivity contribution in [2.45, 2.75) is 76.9 Å². The van der Waals surface area contributed by atoms with E-state index < -0.39 is 53.5 Å². The highest BCUT2D eigenvalue weighted by Crippen LogP contribution is 2.34. The van der Waals surface area contributed by atoms with Crippen LogP contribution in [-0.2, 0) is 20.9 Å². The fraction of sp³-hybridized carbons (Fsp3) is 0.583. The summed E-state index contributed by atoms with van der Waals surface area (Å²) in [6.07, 6.45) is -3.18. The summed E-state index contributed by atoms with van der Waals surface area (Å²) in [6.45, 7) is 5.06. The number of amides is 3. The molecule has 3 amide bonds. The number of alkyl halides is 3. The van der Waals surface area contributed by atoms with Crippen LogP contribution in [0.4, 0.5) is 13.2 Å². The van der Waals surface area contributed by atoms with Crippen molar-refractivity contribution in [1.82, 2.24) is 26.8 Å². The Bertz CT molecular complexity index is 1030. The number of nitrogens with zero attached hydrogens (tertiary/aromatic N) is 1. The zero-order valence-electron chi connectivity index (χ0n) is 20.3. The van der Waals surface area contributed by atoms with E-state index in [9.17, 15) is 32.8 Å². The lowest BCUT2D eigenvalue weighted by Crippen LogP contribution is -2.60. The fourth-order valence-corrected chi connectivity index (χ4v) is 4.10. The van der Waals surface area contributed by atoms with Crippen LogP contribution >= 0.6 is 0 Å². The molecule has 1 fully saturated rings. The largest absolute Gasteiger partial charge is 0.471 e. The molecule has 0 radical (unpaired) electrons. The van der Waals surface area contributed by atoms with Crippen molar-refractivity contribution in [3.63, 3.8) is 0 Å². The SMILES string of the molecule is CC(C)(C)C(NC(=O)C(F)(F)F)C(=O)NC(CC1CC1)C(=O)NC(C#N)C1NNCc2ccccc21. The van der Waals surface area contributed by atoms with E-state index in [1.54, 1.807) is 5.32 Å². The highest BCUT2D eigenvalue weighted by atomic mass is 19.4. The van der Waals surface area contributed by atoms with E-state index in [1.165, 1.54) is 20.8 Å². The first-order valence-corrected chi connectivity index (χ1v) is 11.8. The van der Waals surface area contributed by atoms with Gasteiger partial charge in [0.15, 0.2) is 0 Å². The van der Waals surface area contributed by atoms with Gasteiger partial charge in [0.2, 0.25) is 11.8 Å². The maximum absolute atomic E-state index is 13.2. The van der Waals surface area contributed by atoms with Gasteiger partial charge in [0.1, 0.15) is 18.1 Å². The second-order valence-electron chi connectivity index (χ2n) is 10.3. The van der Waals surface area contributed by atoms with Crippen LogP contribution < -0.4 is 26.8 Å². The van der Waals surface area contributed by atoms with Gasteiger partial charge in [-0.15, -0.1) is 0 Å². The summed E-state index contributed by atoms with van der Waals surface area (Å²) in [5.74, 6) is -3.59. The minimum atomic E-state index is -5.16. The number of hydrogen-bond acceptors (Lipinski definition) is 6. The summed E-state index contributed by atoms with van der Waals surface area (Å²) in [4.78, 5) is 37.8. The van der Waals surface area contributed by atoms with E-state index in [-0.39, 0.29) is 12.3 Å². The summed E-state index contributed by atoms with van der Waals surface area (Å²) in [6, 6.07) is 5.36. The molecule has 2 aliphatic rings. The van der Waals surface area contributed by atoms with Crippen LogP contribution in [0.25, 0.3) is 0 Å². The Morgan fingerprint density at radius 1 is 1.08 bits per heavy atom. The zero-order chi connectivity index (χ0) is 26.7. The van der Waals surface area contributed by atoms with Crippen molar-refractivity contribution in [3.8, 4) is 6.07 Å². The Kier molecular flexibility index (Phi) is 8.26. The molecular formula is C24H31F3N6O3. The molecule has 1 aliphatic carbocycles. The van der Waals surface area contributed by atoms with Gasteiger partial charge in [-0.2, -0.15) is 18.4 Å². The number of hydrogen-bond donors (Lipinski definition) is 5. The third-order valence-corrected chi connectivity index (χ3v) is 6.26. The standard InChI is InChI=1S/C24H31F3N6O3/c1-23(2,3)19(32-22(36)24(25,26)27)21(35)30-16(10-13-8-9-13)20(34)31-17(11-28)18-15-7-5-4-6-14(15)12-29-33-18/h4-7,13,16-19,29,33H,8-10,12H2,1-3H3,(H,30,35)(H,31,34)(H,32,36). The predicted octanol–water partition coefficient (Wildman–Crippen LogP) is 1.72. The van der Waals surface area contributed by atoms with E-state index in [2.05, 4.69) is 27.6 Å². The molecule has 1 saturated carbocycles. The van der Waals surface area contributed by atoms with Crippen LogP contribution in [-0.4, -0.2) is 42.0 Å². The molecule has 0 aromatic heterocycles. The lowest BCUT2D eigenvalue weighted by molar-refractivity contribution is -0.175. The van der Waals surface area contributed by atoms with Crippen molar-refractivity contribution in [2.24, 2.45) is 11.3 Å². The summed E-state index contributed by atoms with van der Waals surface area (Å²) >= 11 is 0. The summed E-state index contributed by atoms with van der Waals surface area (Å²) < 4.78 is 38.5. The zero-order valence-corrected chi connectivity index (χ0v) is 20.3. The first-order valence-electron chi connectivity index (χ1n) is 11.8. The Labute approximate surface area is 207 Å². The molecule has 1 aromatic carbocycles. The number of rotatable bonds is 8. The van der Waals surface area contributed by atoms with Crippen LogP contribution in [0.15, 0.2) is 24.3 Å². The number of nitriles is 1. The average molecular weight is 509 g/mol. The molecule has 36 heavy (non-hydrogen) atoms. The highest BCUT2D eigenvalue weighted by Gasteiger charge is 2.44. The van der Waals surface area contributed by atoms with Crippen LogP contribution in [0.2, 0.25) is 0 Å². The maximum Gasteiger partial charge on any atom is 0.471 e. The number of benzene rings is 1. The molecule has 3 rings (SSSR count). The van der Waals surface area contributed by atoms with Gasteiger partial charge in [0, 0.05) is 6.54 Å². The van der Waals surface area contributed by atoms with Crippen molar-refractivity contribution >= 4 is 17.7 Å². The molecule has 1 aliphatic heterocycles. The Balaban J connectivity index is 1.76. The monoisotopic (exact) mass is 508 g/mol. The van der Waals surface area contributed by atoms with Crippen molar-refractivity contribution < 1.29 is 27.6 Å². The maximum atomic E-state index is 13.2. The second-order valence-corrected chi connectivity index (χ2v) is 10.3. The second kappa shape index (κ2) is 10.8. The predicted molar refractivity (Wildman–Crippen MR) is 123 cm³/mol. The number of nitrogens with one attached hydrogen (secondary N) is 5. The van der Waals surface area contributed by atoms with Crippen LogP contribution in [0.1, 0.15) is 57.2 Å². The summed E-state index contributed by atoms with van der Waals surface area (Å²) in [5.41, 5.74) is 6.74. The van der Waals surface area contributed by atoms with E-state index >= 15 is 0 Å². The molecule has 9 nitrogen and oxygen atoms in total. The molecule has 196 valence electrons. The van der Waals surface area contributed by atoms with Crippen LogP contribution in [0.3, 0.4) is 0 Å². The Morgan fingerprint density at radius 3 is 2.33 bits per heavy atom. The fourth-order valence-electron chi connectivity index (χ4n) is 4.10. The van der Waals surface area contributed by atoms with E-state index in [1.807, 2.05) is 24.3 Å².